The minimum atomic E-state index is -1.45. The van der Waals surface area contributed by atoms with Crippen LogP contribution in [-0.2, 0) is 5.41 Å². The largest absolute Gasteiger partial charge is 1.00 e. The van der Waals surface area contributed by atoms with Gasteiger partial charge in [0.2, 0.25) is 5.52 Å². The summed E-state index contributed by atoms with van der Waals surface area (Å²) in [6, 6.07) is 166. The summed E-state index contributed by atoms with van der Waals surface area (Å²) in [6.07, 6.45) is 12.9. The molecule has 25 rings (SSSR count). The van der Waals surface area contributed by atoms with Crippen LogP contribution in [0.3, 0.4) is 0 Å². The monoisotopic (exact) mass is 1890 g/mol. The van der Waals surface area contributed by atoms with Crippen molar-refractivity contribution in [1.29, 1.82) is 0 Å². The molecule has 0 aliphatic heterocycles. The maximum Gasteiger partial charge on any atom is 1.00 e. The van der Waals surface area contributed by atoms with Gasteiger partial charge in [0.05, 0.1) is 21.8 Å². The number of rotatable bonds is 16. The molecular weight excluding hydrogens is 1780 g/mol. The molecule has 0 fully saturated rings. The molecule has 0 bridgehead atoms. The molecule has 1 aliphatic carbocycles. The predicted octanol–water partition coefficient (Wildman–Crippen LogP) is 31.6. The first kappa shape index (κ1) is 94.5. The van der Waals surface area contributed by atoms with Crippen molar-refractivity contribution in [3.63, 3.8) is 0 Å². The third kappa shape index (κ3) is 19.0. The molecule has 0 spiro atoms. The fraction of sp³-hybridized carbons (Fsp3) is 0.0667. The van der Waals surface area contributed by atoms with E-state index in [1.165, 1.54) is 181 Å². The molecule has 0 atom stereocenters. The number of fused-ring (bicyclic) bond motifs is 11. The summed E-state index contributed by atoms with van der Waals surface area (Å²) in [4.78, 5) is 20.7. The molecule has 0 saturated heterocycles. The Kier molecular flexibility index (Phi) is 26.5. The van der Waals surface area contributed by atoms with Gasteiger partial charge >= 0.3 is 18.9 Å². The summed E-state index contributed by atoms with van der Waals surface area (Å²) in [6.45, 7) is 19.3. The first-order valence-corrected chi connectivity index (χ1v) is 56.6. The second-order valence-electron chi connectivity index (χ2n) is 39.8. The number of benzene rings is 20. The van der Waals surface area contributed by atoms with Crippen molar-refractivity contribution in [2.24, 2.45) is 0 Å². The number of nitrogens with one attached hydrogen (secondary N) is 1. The molecule has 4 heterocycles. The van der Waals surface area contributed by atoms with Crippen molar-refractivity contribution in [2.75, 3.05) is 9.80 Å². The van der Waals surface area contributed by atoms with Gasteiger partial charge < -0.3 is 14.9 Å². The van der Waals surface area contributed by atoms with Crippen LogP contribution >= 0.6 is 0 Å². The molecule has 145 heavy (non-hydrogen) atoms. The van der Waals surface area contributed by atoms with Gasteiger partial charge in [-0.15, -0.1) is 0 Å². The summed E-state index contributed by atoms with van der Waals surface area (Å²) in [5.41, 5.74) is 32.2. The zero-order chi connectivity index (χ0) is 98.0. The van der Waals surface area contributed by atoms with E-state index in [4.69, 9.17) is 0 Å². The maximum atomic E-state index is 11.1. The van der Waals surface area contributed by atoms with Gasteiger partial charge in [0.15, 0.2) is 6.20 Å². The number of aromatic amines is 1. The standard InChI is InChI=1S/C49H50N2Si2.C42H28N2.C35H23N.C9H7NO.Li/c1-49(2)45-33-39(50(35-17-11-9-12-18-35)37-23-28-40(29-24-37)52(3,4)5)27-32-44(45)48-43-22-16-15-21-42(43)47(34-46(48)49)51(36-19-13-10-14-20-36)38-25-30-41(31-26-38)53(6,7)8;1-2-8-29(9-3-1)34-22-23-39-40(26-34)42(33-20-16-31(17-21-33)36-11-7-25-44-28-36)38-13-5-4-12-37(38)41(39)32-18-14-30(15-19-32)35-10-6-24-43-27-35;1-2-9-24(10-3-1)34-30-12-4-6-14-32(30)35(33-15-7-5-13-31(33)34)28-19-18-25-21-27(17-16-26(25)22-28)29-11-8-20-36-23-29;11-8-5-1-3-7-4-2-6-10-9(7)8;/h9-34H,1-8H3;1-28H;1-23H;1-6,11H;/q;;;;+1. The summed E-state index contributed by atoms with van der Waals surface area (Å²) >= 11 is 0. The molecule has 1 N–H and O–H groups in total. The topological polar surface area (TPSA) is 82.4 Å². The van der Waals surface area contributed by atoms with E-state index in [2.05, 4.69) is 495 Å². The number of hydrogen-bond acceptors (Lipinski definition) is 6. The number of hydrogen-bond donors (Lipinski definition) is 0. The van der Waals surface area contributed by atoms with Crippen molar-refractivity contribution < 1.29 is 29.0 Å². The van der Waals surface area contributed by atoms with Crippen molar-refractivity contribution in [1.82, 2.24) is 15.0 Å². The molecule has 692 valence electrons. The summed E-state index contributed by atoms with van der Waals surface area (Å²) in [7, 11) is -2.88. The van der Waals surface area contributed by atoms with Gasteiger partial charge in [0.25, 0.3) is 0 Å². The van der Waals surface area contributed by atoms with E-state index in [1.807, 2.05) is 73.6 Å². The fourth-order valence-corrected chi connectivity index (χ4v) is 23.4. The quantitative estimate of drug-likeness (QED) is 0.0708. The molecular formula is C135H108LiN6OSi2+. The Morgan fingerprint density at radius 1 is 0.241 bits per heavy atom. The number of nitrogens with zero attached hydrogens (tertiary/aromatic N) is 5. The summed E-state index contributed by atoms with van der Waals surface area (Å²) in [5, 5.41) is 30.1. The fourth-order valence-electron chi connectivity index (χ4n) is 21.1. The summed E-state index contributed by atoms with van der Waals surface area (Å²) in [5.74, 6) is 0.0445. The second-order valence-corrected chi connectivity index (χ2v) is 50.0. The van der Waals surface area contributed by atoms with Gasteiger partial charge in [-0.25, -0.2) is 4.98 Å². The molecule has 10 heteroatoms. The Labute approximate surface area is 863 Å². The minimum Gasteiger partial charge on any atom is -0.868 e. The molecule has 24 aromatic rings. The molecule has 0 amide bonds. The van der Waals surface area contributed by atoms with Crippen LogP contribution in [0.4, 0.5) is 34.1 Å². The Hall–Kier alpha value is -16.7. The van der Waals surface area contributed by atoms with Crippen molar-refractivity contribution in [2.45, 2.75) is 58.5 Å². The Balaban J connectivity index is 0.000000122. The van der Waals surface area contributed by atoms with E-state index in [1.54, 1.807) is 18.3 Å². The molecule has 20 aromatic carbocycles. The molecule has 4 aromatic heterocycles. The molecule has 1 aliphatic rings. The zero-order valence-corrected chi connectivity index (χ0v) is 85.1. The van der Waals surface area contributed by atoms with Gasteiger partial charge in [-0.05, 0) is 286 Å². The number of pyridine rings is 4. The molecule has 0 saturated carbocycles. The van der Waals surface area contributed by atoms with Crippen LogP contribution in [0.2, 0.25) is 39.3 Å². The van der Waals surface area contributed by atoms with Gasteiger partial charge in [-0.3, -0.25) is 15.0 Å². The number of para-hydroxylation sites is 3. The normalized spacial score (nSPS) is 11.9. The van der Waals surface area contributed by atoms with Gasteiger partial charge in [-0.2, -0.15) is 0 Å². The predicted molar refractivity (Wildman–Crippen MR) is 614 cm³/mol. The maximum absolute atomic E-state index is 11.1. The van der Waals surface area contributed by atoms with E-state index >= 15 is 0 Å². The number of H-pyrrole nitrogens is 1. The van der Waals surface area contributed by atoms with Crippen molar-refractivity contribution in [3.8, 4) is 106 Å². The molecule has 0 unspecified atom stereocenters. The SMILES string of the molecule is CC1(C)c2cc(N(c3ccccc3)c3ccc([Si](C)(C)C)cc3)ccc2-c2c1cc(N(c1ccccc1)c1ccc([Si](C)(C)C)cc1)c1ccccc21.[Li+].[O-]c1cccc2ccc[nH+]c12.c1ccc(-c2c3ccccc3c(-c3ccc4cc(-c5cccnc5)ccc4c3)c3ccccc23)cc1.c1ccc(-c2ccc3c(-c4ccc(-c5cccnc5)cc4)c4ccccc4c(-c4ccc(-c5cccnc5)cc4)c3c2)cc1. The molecule has 0 radical (unpaired) electrons. The minimum absolute atomic E-state index is 0. The summed E-state index contributed by atoms with van der Waals surface area (Å²) < 4.78 is 0. The van der Waals surface area contributed by atoms with Crippen LogP contribution in [0.15, 0.2) is 504 Å². The average molecular weight is 1890 g/mol. The Morgan fingerprint density at radius 2 is 0.586 bits per heavy atom. The Morgan fingerprint density at radius 3 is 1.06 bits per heavy atom. The van der Waals surface area contributed by atoms with Gasteiger partial charge in [0.1, 0.15) is 0 Å². The van der Waals surface area contributed by atoms with Crippen LogP contribution in [0.25, 0.3) is 176 Å². The van der Waals surface area contributed by atoms with E-state index < -0.39 is 16.1 Å². The van der Waals surface area contributed by atoms with Crippen LogP contribution in [0.5, 0.6) is 5.75 Å². The molecule has 7 nitrogen and oxygen atoms in total. The third-order valence-electron chi connectivity index (χ3n) is 28.4. The van der Waals surface area contributed by atoms with E-state index in [9.17, 15) is 5.11 Å². The van der Waals surface area contributed by atoms with E-state index in [-0.39, 0.29) is 30.0 Å². The van der Waals surface area contributed by atoms with Crippen molar-refractivity contribution in [3.05, 3.63) is 516 Å². The van der Waals surface area contributed by atoms with Crippen molar-refractivity contribution >= 4 is 136 Å². The first-order chi connectivity index (χ1) is 70.4. The zero-order valence-electron chi connectivity index (χ0n) is 83.1. The second kappa shape index (κ2) is 40.7. The number of aromatic nitrogens is 4. The Bertz CT molecular complexity index is 8760. The first-order valence-electron chi connectivity index (χ1n) is 49.6. The van der Waals surface area contributed by atoms with Crippen LogP contribution in [0.1, 0.15) is 25.0 Å². The third-order valence-corrected chi connectivity index (χ3v) is 32.5. The van der Waals surface area contributed by atoms with E-state index in [0.29, 0.717) is 5.52 Å². The van der Waals surface area contributed by atoms with Crippen LogP contribution in [0, 0.1) is 0 Å². The smallest absolute Gasteiger partial charge is 0.868 e. The van der Waals surface area contributed by atoms with Crippen LogP contribution < -0.4 is 49.1 Å². The van der Waals surface area contributed by atoms with Gasteiger partial charge in [-0.1, -0.05) is 403 Å². The average Bonchev–Trinajstić information content (AvgIpc) is 1.55. The number of anilines is 6. The van der Waals surface area contributed by atoms with E-state index in [0.717, 1.165) is 44.6 Å². The van der Waals surface area contributed by atoms with Crippen LogP contribution in [-0.4, -0.2) is 31.1 Å². The van der Waals surface area contributed by atoms with Gasteiger partial charge in [0, 0.05) is 93.4 Å².